The Hall–Kier alpha value is -2.28. The fraction of sp³-hybridized carbons (Fsp3) is 0.529. The number of likely N-dealkylation sites (N-methyl/N-ethyl adjacent to an activating group) is 1. The predicted molar refractivity (Wildman–Crippen MR) is 96.5 cm³/mol. The zero-order valence-electron chi connectivity index (χ0n) is 14.6. The number of urea groups is 1. The molecular formula is C17H27N5O2. The quantitative estimate of drug-likeness (QED) is 0.754. The van der Waals surface area contributed by atoms with E-state index in [1.165, 1.54) is 4.90 Å². The van der Waals surface area contributed by atoms with Crippen LogP contribution >= 0.6 is 0 Å². The second-order valence-electron chi connectivity index (χ2n) is 6.29. The van der Waals surface area contributed by atoms with Crippen molar-refractivity contribution in [1.82, 2.24) is 15.5 Å². The van der Waals surface area contributed by atoms with Crippen LogP contribution in [-0.4, -0.2) is 62.7 Å². The highest BCUT2D eigenvalue weighted by Crippen LogP contribution is 2.18. The van der Waals surface area contributed by atoms with Crippen molar-refractivity contribution in [2.75, 3.05) is 50.0 Å². The molecular weight excluding hydrogens is 306 g/mol. The van der Waals surface area contributed by atoms with Crippen molar-refractivity contribution in [3.05, 3.63) is 24.3 Å². The van der Waals surface area contributed by atoms with Gasteiger partial charge in [0.1, 0.15) is 6.54 Å². The van der Waals surface area contributed by atoms with E-state index in [0.29, 0.717) is 0 Å². The predicted octanol–water partition coefficient (Wildman–Crippen LogP) is 1.08. The molecule has 0 aliphatic carbocycles. The van der Waals surface area contributed by atoms with Crippen LogP contribution in [0.3, 0.4) is 0 Å². The topological polar surface area (TPSA) is 76.7 Å². The molecule has 1 aromatic carbocycles. The molecule has 1 fully saturated rings. The molecule has 24 heavy (non-hydrogen) atoms. The van der Waals surface area contributed by atoms with Crippen LogP contribution in [0.1, 0.15) is 13.8 Å². The number of piperazine rings is 1. The van der Waals surface area contributed by atoms with E-state index in [1.807, 2.05) is 38.1 Å². The Labute approximate surface area is 143 Å². The van der Waals surface area contributed by atoms with Gasteiger partial charge in [-0.15, -0.1) is 0 Å². The Morgan fingerprint density at radius 3 is 2.42 bits per heavy atom. The lowest BCUT2D eigenvalue weighted by Gasteiger charge is -2.29. The van der Waals surface area contributed by atoms with E-state index < -0.39 is 0 Å². The summed E-state index contributed by atoms with van der Waals surface area (Å²) in [5.41, 5.74) is 1.89. The highest BCUT2D eigenvalue weighted by molar-refractivity contribution is 5.94. The molecule has 1 saturated heterocycles. The van der Waals surface area contributed by atoms with Gasteiger partial charge in [-0.2, -0.15) is 0 Å². The Morgan fingerprint density at radius 2 is 1.83 bits per heavy atom. The molecule has 0 unspecified atom stereocenters. The third-order valence-electron chi connectivity index (χ3n) is 3.77. The van der Waals surface area contributed by atoms with E-state index in [4.69, 9.17) is 0 Å². The lowest BCUT2D eigenvalue weighted by Crippen LogP contribution is -2.44. The number of carbonyl (C=O) groups excluding carboxylic acids is 2. The summed E-state index contributed by atoms with van der Waals surface area (Å²) in [4.78, 5) is 27.5. The number of hydrogen-bond acceptors (Lipinski definition) is 4. The minimum atomic E-state index is -0.255. The molecule has 2 rings (SSSR count). The van der Waals surface area contributed by atoms with Crippen LogP contribution in [0, 0.1) is 0 Å². The van der Waals surface area contributed by atoms with Gasteiger partial charge in [0.15, 0.2) is 0 Å². The lowest BCUT2D eigenvalue weighted by atomic mass is 10.2. The number of hydrogen-bond donors (Lipinski definition) is 3. The van der Waals surface area contributed by atoms with Gasteiger partial charge in [0.05, 0.1) is 0 Å². The van der Waals surface area contributed by atoms with E-state index >= 15 is 0 Å². The van der Waals surface area contributed by atoms with Crippen LogP contribution in [0.2, 0.25) is 0 Å². The summed E-state index contributed by atoms with van der Waals surface area (Å²) in [6.45, 7) is 7.73. The number of carbonyl (C=O) groups is 2. The monoisotopic (exact) mass is 333 g/mol. The first-order chi connectivity index (χ1) is 11.5. The van der Waals surface area contributed by atoms with Crippen LogP contribution in [0.25, 0.3) is 0 Å². The van der Waals surface area contributed by atoms with Crippen LogP contribution in [0.5, 0.6) is 0 Å². The van der Waals surface area contributed by atoms with E-state index in [-0.39, 0.29) is 24.5 Å². The van der Waals surface area contributed by atoms with Gasteiger partial charge in [-0.25, -0.2) is 4.79 Å². The lowest BCUT2D eigenvalue weighted by molar-refractivity contribution is -0.116. The maximum Gasteiger partial charge on any atom is 0.317 e. The maximum absolute atomic E-state index is 12.0. The number of rotatable bonds is 5. The van der Waals surface area contributed by atoms with E-state index in [0.717, 1.165) is 37.6 Å². The smallest absolute Gasteiger partial charge is 0.317 e. The molecule has 3 amide bonds. The van der Waals surface area contributed by atoms with Crippen LogP contribution in [0.4, 0.5) is 16.2 Å². The summed E-state index contributed by atoms with van der Waals surface area (Å²) >= 11 is 0. The Morgan fingerprint density at radius 1 is 1.21 bits per heavy atom. The first-order valence-corrected chi connectivity index (χ1v) is 8.33. The molecule has 7 nitrogen and oxygen atoms in total. The Bertz CT molecular complexity index is 553. The molecule has 0 bridgehead atoms. The van der Waals surface area contributed by atoms with Gasteiger partial charge in [0.2, 0.25) is 5.91 Å². The summed E-state index contributed by atoms with van der Waals surface area (Å²) in [7, 11) is 1.60. The van der Waals surface area contributed by atoms with E-state index in [2.05, 4.69) is 20.9 Å². The van der Waals surface area contributed by atoms with Crippen molar-refractivity contribution in [3.8, 4) is 0 Å². The number of nitrogens with one attached hydrogen (secondary N) is 3. The van der Waals surface area contributed by atoms with Gasteiger partial charge >= 0.3 is 6.03 Å². The number of anilines is 2. The first-order valence-electron chi connectivity index (χ1n) is 8.33. The molecule has 1 aliphatic rings. The highest BCUT2D eigenvalue weighted by Gasteiger charge is 2.14. The second kappa shape index (κ2) is 8.54. The number of amides is 3. The maximum atomic E-state index is 12.0. The van der Waals surface area contributed by atoms with Crippen molar-refractivity contribution >= 4 is 23.3 Å². The standard InChI is InChI=1S/C17H27N5O2/c1-13(2)19-17(24)21(3)12-16(23)20-14-4-6-15(7-5-14)22-10-8-18-9-11-22/h4-7,13,18H,8-12H2,1-3H3,(H,19,24)(H,20,23). The molecule has 0 aromatic heterocycles. The molecule has 1 heterocycles. The third-order valence-corrected chi connectivity index (χ3v) is 3.77. The molecule has 0 saturated carbocycles. The van der Waals surface area contributed by atoms with Crippen molar-refractivity contribution in [2.45, 2.75) is 19.9 Å². The molecule has 1 aromatic rings. The summed E-state index contributed by atoms with van der Waals surface area (Å²) in [5.74, 6) is -0.216. The number of nitrogens with zero attached hydrogens (tertiary/aromatic N) is 2. The minimum Gasteiger partial charge on any atom is -0.369 e. The molecule has 0 atom stereocenters. The van der Waals surface area contributed by atoms with Gasteiger partial charge in [0, 0.05) is 50.6 Å². The minimum absolute atomic E-state index is 0.0120. The Balaban J connectivity index is 1.84. The normalized spacial score (nSPS) is 14.4. The molecule has 132 valence electrons. The zero-order chi connectivity index (χ0) is 17.5. The van der Waals surface area contributed by atoms with Crippen molar-refractivity contribution in [1.29, 1.82) is 0 Å². The second-order valence-corrected chi connectivity index (χ2v) is 6.29. The Kier molecular flexibility index (Phi) is 6.43. The van der Waals surface area contributed by atoms with Crippen LogP contribution < -0.4 is 20.9 Å². The van der Waals surface area contributed by atoms with Gasteiger partial charge in [-0.1, -0.05) is 0 Å². The molecule has 1 aliphatic heterocycles. The average Bonchev–Trinajstić information content (AvgIpc) is 2.55. The summed E-state index contributed by atoms with van der Waals surface area (Å²) in [6, 6.07) is 7.59. The molecule has 0 radical (unpaired) electrons. The number of benzene rings is 1. The van der Waals surface area contributed by atoms with Crippen molar-refractivity contribution < 1.29 is 9.59 Å². The highest BCUT2D eigenvalue weighted by atomic mass is 16.2. The van der Waals surface area contributed by atoms with Crippen LogP contribution in [0.15, 0.2) is 24.3 Å². The largest absolute Gasteiger partial charge is 0.369 e. The summed E-state index contributed by atoms with van der Waals surface area (Å²) in [6.07, 6.45) is 0. The fourth-order valence-electron chi connectivity index (χ4n) is 2.52. The summed E-state index contributed by atoms with van der Waals surface area (Å²) < 4.78 is 0. The van der Waals surface area contributed by atoms with Gasteiger partial charge in [-0.3, -0.25) is 4.79 Å². The zero-order valence-corrected chi connectivity index (χ0v) is 14.6. The molecule has 7 heteroatoms. The van der Waals surface area contributed by atoms with Crippen molar-refractivity contribution in [3.63, 3.8) is 0 Å². The third kappa shape index (κ3) is 5.42. The average molecular weight is 333 g/mol. The SMILES string of the molecule is CC(C)NC(=O)N(C)CC(=O)Nc1ccc(N2CCNCC2)cc1. The summed E-state index contributed by atoms with van der Waals surface area (Å²) in [5, 5.41) is 8.90. The molecule has 3 N–H and O–H groups in total. The van der Waals surface area contributed by atoms with Crippen molar-refractivity contribution in [2.24, 2.45) is 0 Å². The van der Waals surface area contributed by atoms with E-state index in [9.17, 15) is 9.59 Å². The van der Waals surface area contributed by atoms with Gasteiger partial charge in [-0.05, 0) is 38.1 Å². The first kappa shape index (κ1) is 18.1. The molecule has 0 spiro atoms. The van der Waals surface area contributed by atoms with Gasteiger partial charge < -0.3 is 25.8 Å². The fourth-order valence-corrected chi connectivity index (χ4v) is 2.52. The van der Waals surface area contributed by atoms with Gasteiger partial charge in [0.25, 0.3) is 0 Å². The van der Waals surface area contributed by atoms with E-state index in [1.54, 1.807) is 7.05 Å². The van der Waals surface area contributed by atoms with Crippen LogP contribution in [-0.2, 0) is 4.79 Å².